The topological polar surface area (TPSA) is 58.2 Å². The molecule has 0 spiro atoms. The van der Waals surface area contributed by atoms with Crippen LogP contribution in [-0.4, -0.2) is 11.8 Å². The minimum atomic E-state index is -0.895. The van der Waals surface area contributed by atoms with Crippen molar-refractivity contribution >= 4 is 23.2 Å². The molecule has 0 aromatic heterocycles. The fourth-order valence-corrected chi connectivity index (χ4v) is 3.31. The normalized spacial score (nSPS) is 9.95. The molecule has 0 bridgehead atoms. The third-order valence-corrected chi connectivity index (χ3v) is 5.24. The van der Waals surface area contributed by atoms with Gasteiger partial charge in [0.05, 0.1) is 0 Å². The fraction of sp³-hybridized carbons (Fsp3) is 0.133. The minimum absolute atomic E-state index is 0. The van der Waals surface area contributed by atoms with Crippen LogP contribution in [0, 0.1) is 35.4 Å². The number of amides is 2. The van der Waals surface area contributed by atoms with Crippen LogP contribution in [0.1, 0.15) is 24.0 Å². The molecule has 0 unspecified atom stereocenters. The Labute approximate surface area is 239 Å². The first-order valence-corrected chi connectivity index (χ1v) is 11.7. The number of benzene rings is 4. The first-order chi connectivity index (χ1) is 18.3. The van der Waals surface area contributed by atoms with Crippen LogP contribution in [-0.2, 0) is 44.1 Å². The van der Waals surface area contributed by atoms with Crippen molar-refractivity contribution in [3.63, 3.8) is 0 Å². The summed E-state index contributed by atoms with van der Waals surface area (Å²) in [6.45, 7) is 0. The maximum Gasteiger partial charge on any atom is 2.00 e. The SMILES string of the molecule is O=C(CCc1ccccc1)Nc1ccc(F)[c-]c1F.O=C(CCc1ccccc1)Nc1ccc(F)[c-]c1F.[Ti+2]. The minimum Gasteiger partial charge on any atom is -0.377 e. The fourth-order valence-electron chi connectivity index (χ4n) is 3.31. The van der Waals surface area contributed by atoms with Crippen molar-refractivity contribution in [1.29, 1.82) is 0 Å². The van der Waals surface area contributed by atoms with Gasteiger partial charge in [0.25, 0.3) is 0 Å². The summed E-state index contributed by atoms with van der Waals surface area (Å²) >= 11 is 0. The Morgan fingerprint density at radius 1 is 0.564 bits per heavy atom. The summed E-state index contributed by atoms with van der Waals surface area (Å²) in [6.07, 6.45) is 1.61. The summed E-state index contributed by atoms with van der Waals surface area (Å²) in [5, 5.41) is 4.79. The zero-order valence-corrected chi connectivity index (χ0v) is 22.3. The summed E-state index contributed by atoms with van der Waals surface area (Å²) in [5.74, 6) is -4.01. The standard InChI is InChI=1S/2C15H12F2NO.Ti/c2*16-12-7-8-14(13(17)10-12)18-15(19)9-6-11-4-2-1-3-5-11;/h2*1-5,7-8H,6,9H2,(H,18,19);/q2*-1;+2. The smallest absolute Gasteiger partial charge is 0.377 e. The van der Waals surface area contributed by atoms with Crippen molar-refractivity contribution in [3.8, 4) is 0 Å². The Hall–Kier alpha value is -3.75. The summed E-state index contributed by atoms with van der Waals surface area (Å²) < 4.78 is 51.8. The second-order valence-corrected chi connectivity index (χ2v) is 8.14. The van der Waals surface area contributed by atoms with Crippen molar-refractivity contribution < 1.29 is 48.9 Å². The van der Waals surface area contributed by atoms with E-state index in [1.54, 1.807) is 0 Å². The van der Waals surface area contributed by atoms with E-state index in [1.165, 1.54) is 12.1 Å². The molecule has 39 heavy (non-hydrogen) atoms. The zero-order chi connectivity index (χ0) is 27.3. The Balaban J connectivity index is 0.000000267. The molecule has 2 N–H and O–H groups in total. The van der Waals surface area contributed by atoms with Crippen molar-refractivity contribution in [3.05, 3.63) is 131 Å². The van der Waals surface area contributed by atoms with Crippen LogP contribution in [0.25, 0.3) is 0 Å². The van der Waals surface area contributed by atoms with Gasteiger partial charge < -0.3 is 10.6 Å². The van der Waals surface area contributed by atoms with E-state index in [-0.39, 0.29) is 57.7 Å². The van der Waals surface area contributed by atoms with Crippen LogP contribution in [0.4, 0.5) is 28.9 Å². The number of anilines is 2. The van der Waals surface area contributed by atoms with Crippen LogP contribution in [0.15, 0.2) is 84.9 Å². The predicted molar refractivity (Wildman–Crippen MR) is 137 cm³/mol. The number of carbonyl (C=O) groups is 2. The number of aryl methyl sites for hydroxylation is 2. The van der Waals surface area contributed by atoms with E-state index in [0.717, 1.165) is 23.3 Å². The van der Waals surface area contributed by atoms with E-state index < -0.39 is 23.3 Å². The molecule has 4 rings (SSSR count). The molecule has 0 aliphatic heterocycles. The summed E-state index contributed by atoms with van der Waals surface area (Å²) in [6, 6.07) is 27.2. The molecular weight excluding hydrogens is 544 g/mol. The molecular formula is C30H24F4N2O2Ti. The van der Waals surface area contributed by atoms with Gasteiger partial charge in [-0.3, -0.25) is 9.59 Å². The van der Waals surface area contributed by atoms with E-state index in [0.29, 0.717) is 12.8 Å². The number of carbonyl (C=O) groups excluding carboxylic acids is 2. The molecule has 0 saturated carbocycles. The average molecular weight is 568 g/mol. The van der Waals surface area contributed by atoms with Crippen molar-refractivity contribution in [1.82, 2.24) is 0 Å². The molecule has 0 aliphatic carbocycles. The van der Waals surface area contributed by atoms with E-state index in [2.05, 4.69) is 10.6 Å². The molecule has 198 valence electrons. The Morgan fingerprint density at radius 2 is 0.923 bits per heavy atom. The number of hydrogen-bond donors (Lipinski definition) is 2. The summed E-state index contributed by atoms with van der Waals surface area (Å²) in [4.78, 5) is 23.3. The summed E-state index contributed by atoms with van der Waals surface area (Å²) in [7, 11) is 0. The number of halogens is 4. The molecule has 4 nitrogen and oxygen atoms in total. The Kier molecular flexibility index (Phi) is 13.1. The third-order valence-electron chi connectivity index (χ3n) is 5.24. The van der Waals surface area contributed by atoms with E-state index in [1.807, 2.05) is 72.8 Å². The molecule has 4 aromatic carbocycles. The monoisotopic (exact) mass is 568 g/mol. The molecule has 0 fully saturated rings. The maximum absolute atomic E-state index is 13.3. The molecule has 0 heterocycles. The van der Waals surface area contributed by atoms with Gasteiger partial charge in [-0.05, 0) is 35.3 Å². The van der Waals surface area contributed by atoms with Crippen LogP contribution in [0.5, 0.6) is 0 Å². The summed E-state index contributed by atoms with van der Waals surface area (Å²) in [5.41, 5.74) is 1.95. The van der Waals surface area contributed by atoms with Gasteiger partial charge in [0.1, 0.15) is 0 Å². The number of hydrogen-bond acceptors (Lipinski definition) is 2. The van der Waals surface area contributed by atoms with Gasteiger partial charge in [-0.25, -0.2) is 17.6 Å². The predicted octanol–water partition coefficient (Wildman–Crippen LogP) is 6.67. The Bertz CT molecular complexity index is 1250. The van der Waals surface area contributed by atoms with Gasteiger partial charge >= 0.3 is 21.7 Å². The van der Waals surface area contributed by atoms with Crippen molar-refractivity contribution in [2.24, 2.45) is 0 Å². The van der Waals surface area contributed by atoms with Crippen LogP contribution in [0.3, 0.4) is 0 Å². The van der Waals surface area contributed by atoms with Gasteiger partial charge in [-0.2, -0.15) is 0 Å². The van der Waals surface area contributed by atoms with Gasteiger partial charge in [-0.1, -0.05) is 60.7 Å². The van der Waals surface area contributed by atoms with Crippen molar-refractivity contribution in [2.75, 3.05) is 10.6 Å². The van der Waals surface area contributed by atoms with Crippen LogP contribution >= 0.6 is 0 Å². The van der Waals surface area contributed by atoms with E-state index >= 15 is 0 Å². The molecule has 9 heteroatoms. The van der Waals surface area contributed by atoms with Gasteiger partial charge in [-0.15, -0.1) is 36.4 Å². The molecule has 2 amide bonds. The van der Waals surface area contributed by atoms with Gasteiger partial charge in [0.2, 0.25) is 11.8 Å². The molecule has 0 saturated heterocycles. The first-order valence-electron chi connectivity index (χ1n) is 11.7. The maximum atomic E-state index is 13.3. The second-order valence-electron chi connectivity index (χ2n) is 8.14. The van der Waals surface area contributed by atoms with E-state index in [4.69, 9.17) is 0 Å². The van der Waals surface area contributed by atoms with E-state index in [9.17, 15) is 27.2 Å². The second kappa shape index (κ2) is 16.3. The van der Waals surface area contributed by atoms with Crippen LogP contribution < -0.4 is 10.6 Å². The Morgan fingerprint density at radius 3 is 1.26 bits per heavy atom. The first kappa shape index (κ1) is 31.5. The van der Waals surface area contributed by atoms with Gasteiger partial charge in [0, 0.05) is 36.1 Å². The van der Waals surface area contributed by atoms with Gasteiger partial charge in [0.15, 0.2) is 0 Å². The average Bonchev–Trinajstić information content (AvgIpc) is 2.91. The molecule has 0 radical (unpaired) electrons. The number of rotatable bonds is 8. The molecule has 0 aliphatic rings. The third kappa shape index (κ3) is 11.3. The van der Waals surface area contributed by atoms with Crippen molar-refractivity contribution in [2.45, 2.75) is 25.7 Å². The van der Waals surface area contributed by atoms with Crippen LogP contribution in [0.2, 0.25) is 0 Å². The zero-order valence-electron chi connectivity index (χ0n) is 20.7. The largest absolute Gasteiger partial charge is 2.00 e. The molecule has 4 aromatic rings. The quantitative estimate of drug-likeness (QED) is 0.142. The molecule has 0 atom stereocenters. The number of nitrogens with one attached hydrogen (secondary N) is 2.